The molecule has 4 rings (SSSR count). The molecule has 7 nitrogen and oxygen atoms in total. The highest BCUT2D eigenvalue weighted by Crippen LogP contribution is 2.31. The van der Waals surface area contributed by atoms with Crippen LogP contribution in [0.15, 0.2) is 0 Å². The lowest BCUT2D eigenvalue weighted by Gasteiger charge is -2.33. The van der Waals surface area contributed by atoms with Crippen molar-refractivity contribution in [1.82, 2.24) is 19.9 Å². The molecule has 126 valence electrons. The van der Waals surface area contributed by atoms with Gasteiger partial charge in [0.15, 0.2) is 0 Å². The Balaban J connectivity index is 1.47. The third kappa shape index (κ3) is 3.12. The van der Waals surface area contributed by atoms with Gasteiger partial charge in [-0.1, -0.05) is 5.21 Å². The number of nitrogens with zero attached hydrogens (tertiary/aromatic N) is 4. The first-order valence-corrected chi connectivity index (χ1v) is 8.59. The van der Waals surface area contributed by atoms with Crippen molar-refractivity contribution in [2.75, 3.05) is 26.4 Å². The molecule has 7 heteroatoms. The molecule has 0 bridgehead atoms. The Morgan fingerprint density at radius 2 is 2.22 bits per heavy atom. The van der Waals surface area contributed by atoms with Gasteiger partial charge in [-0.25, -0.2) is 0 Å². The topological polar surface area (TPSA) is 69.5 Å². The Kier molecular flexibility index (Phi) is 4.07. The maximum absolute atomic E-state index is 12.7. The molecule has 0 spiro atoms. The van der Waals surface area contributed by atoms with Crippen molar-refractivity contribution in [2.45, 2.75) is 44.2 Å². The number of hydrogen-bond acceptors (Lipinski definition) is 5. The summed E-state index contributed by atoms with van der Waals surface area (Å²) in [6.45, 7) is 3.34. The van der Waals surface area contributed by atoms with Crippen LogP contribution in [0.3, 0.4) is 0 Å². The lowest BCUT2D eigenvalue weighted by Crippen LogP contribution is -2.44. The molecule has 2 fully saturated rings. The zero-order valence-corrected chi connectivity index (χ0v) is 13.6. The van der Waals surface area contributed by atoms with Crippen molar-refractivity contribution in [3.63, 3.8) is 0 Å². The van der Waals surface area contributed by atoms with E-state index < -0.39 is 0 Å². The van der Waals surface area contributed by atoms with E-state index in [0.29, 0.717) is 26.3 Å². The second-order valence-corrected chi connectivity index (χ2v) is 6.94. The quantitative estimate of drug-likeness (QED) is 0.804. The monoisotopic (exact) mass is 320 g/mol. The predicted octanol–water partition coefficient (Wildman–Crippen LogP) is 0.846. The molecule has 0 N–H and O–H groups in total. The van der Waals surface area contributed by atoms with E-state index in [1.165, 1.54) is 12.8 Å². The summed E-state index contributed by atoms with van der Waals surface area (Å²) in [5.74, 6) is 0.973. The fourth-order valence-electron chi connectivity index (χ4n) is 3.55. The van der Waals surface area contributed by atoms with Gasteiger partial charge in [-0.15, -0.1) is 5.10 Å². The first-order valence-electron chi connectivity index (χ1n) is 8.59. The highest BCUT2D eigenvalue weighted by Gasteiger charge is 2.36. The summed E-state index contributed by atoms with van der Waals surface area (Å²) < 4.78 is 13.3. The van der Waals surface area contributed by atoms with Gasteiger partial charge in [0, 0.05) is 32.7 Å². The molecule has 2 atom stereocenters. The molecule has 1 aromatic rings. The molecular weight excluding hydrogens is 296 g/mol. The number of carbonyl (C=O) groups excluding carboxylic acids is 1. The van der Waals surface area contributed by atoms with Gasteiger partial charge in [0.2, 0.25) is 0 Å². The molecule has 1 saturated carbocycles. The molecule has 1 saturated heterocycles. The van der Waals surface area contributed by atoms with Crippen molar-refractivity contribution >= 4 is 5.91 Å². The maximum Gasteiger partial charge on any atom is 0.252 e. The number of aryl methyl sites for hydroxylation is 1. The summed E-state index contributed by atoms with van der Waals surface area (Å²) in [4.78, 5) is 14.5. The number of amides is 1. The first-order chi connectivity index (χ1) is 11.2. The van der Waals surface area contributed by atoms with E-state index in [2.05, 4.69) is 10.3 Å². The highest BCUT2D eigenvalue weighted by molar-refractivity contribution is 5.81. The number of carbonyl (C=O) groups is 1. The largest absolute Gasteiger partial charge is 0.380 e. The minimum absolute atomic E-state index is 0.0889. The van der Waals surface area contributed by atoms with Crippen molar-refractivity contribution in [3.8, 4) is 0 Å². The number of aromatic nitrogens is 3. The molecule has 1 amide bonds. The van der Waals surface area contributed by atoms with Crippen LogP contribution in [0, 0.1) is 5.92 Å². The average molecular weight is 320 g/mol. The lowest BCUT2D eigenvalue weighted by atomic mass is 9.98. The summed E-state index contributed by atoms with van der Waals surface area (Å²) in [5.41, 5.74) is 2.00. The summed E-state index contributed by atoms with van der Waals surface area (Å²) in [7, 11) is 1.91. The van der Waals surface area contributed by atoms with Gasteiger partial charge in [0.1, 0.15) is 11.8 Å². The van der Waals surface area contributed by atoms with Crippen molar-refractivity contribution in [1.29, 1.82) is 0 Å². The Bertz CT molecular complexity index is 578. The minimum Gasteiger partial charge on any atom is -0.380 e. The molecule has 2 aliphatic heterocycles. The van der Waals surface area contributed by atoms with E-state index >= 15 is 0 Å². The van der Waals surface area contributed by atoms with Crippen LogP contribution in [0.4, 0.5) is 0 Å². The highest BCUT2D eigenvalue weighted by atomic mass is 16.5. The van der Waals surface area contributed by atoms with Crippen LogP contribution in [-0.2, 0) is 27.9 Å². The van der Waals surface area contributed by atoms with Crippen LogP contribution in [-0.4, -0.2) is 58.3 Å². The second-order valence-electron chi connectivity index (χ2n) is 6.94. The molecule has 3 heterocycles. The van der Waals surface area contributed by atoms with Gasteiger partial charge in [-0.05, 0) is 31.6 Å². The van der Waals surface area contributed by atoms with E-state index in [-0.39, 0.29) is 17.9 Å². The smallest absolute Gasteiger partial charge is 0.252 e. The minimum atomic E-state index is -0.277. The van der Waals surface area contributed by atoms with Crippen LogP contribution in [0.5, 0.6) is 0 Å². The molecular formula is C16H24N4O3. The summed E-state index contributed by atoms with van der Waals surface area (Å²) in [5, 5.41) is 8.38. The van der Waals surface area contributed by atoms with E-state index in [9.17, 15) is 4.79 Å². The Morgan fingerprint density at radius 3 is 2.96 bits per heavy atom. The molecule has 23 heavy (non-hydrogen) atoms. The Labute approximate surface area is 135 Å². The molecule has 0 aromatic carbocycles. The third-order valence-electron chi connectivity index (χ3n) is 5.00. The van der Waals surface area contributed by atoms with E-state index in [1.807, 2.05) is 16.6 Å². The van der Waals surface area contributed by atoms with Crippen LogP contribution >= 0.6 is 0 Å². The van der Waals surface area contributed by atoms with Crippen LogP contribution < -0.4 is 0 Å². The van der Waals surface area contributed by atoms with E-state index in [0.717, 1.165) is 36.8 Å². The maximum atomic E-state index is 12.7. The van der Waals surface area contributed by atoms with Crippen molar-refractivity contribution in [2.24, 2.45) is 13.0 Å². The molecule has 1 unspecified atom stereocenters. The number of ether oxygens (including phenoxy) is 2. The fourth-order valence-corrected chi connectivity index (χ4v) is 3.55. The van der Waals surface area contributed by atoms with Gasteiger partial charge in [-0.2, -0.15) is 0 Å². The standard InChI is InChI=1S/C16H24N4O3/c1-19-15-12(10-22-9-11-4-5-11)7-20(8-13(15)17-18-19)16(21)14-3-2-6-23-14/h11-12,14H,2-10H2,1H3/t12?,14-/m0/s1. The molecule has 1 aromatic heterocycles. The molecule has 3 aliphatic rings. The third-order valence-corrected chi connectivity index (χ3v) is 5.00. The summed E-state index contributed by atoms with van der Waals surface area (Å²) in [6.07, 6.45) is 4.08. The zero-order chi connectivity index (χ0) is 15.8. The van der Waals surface area contributed by atoms with Crippen LogP contribution in [0.2, 0.25) is 0 Å². The number of rotatable bonds is 5. The van der Waals surface area contributed by atoms with Gasteiger partial charge < -0.3 is 14.4 Å². The normalized spacial score (nSPS) is 27.3. The van der Waals surface area contributed by atoms with Crippen LogP contribution in [0.1, 0.15) is 43.0 Å². The second kappa shape index (κ2) is 6.20. The van der Waals surface area contributed by atoms with Gasteiger partial charge in [0.25, 0.3) is 5.91 Å². The number of hydrogen-bond donors (Lipinski definition) is 0. The van der Waals surface area contributed by atoms with Crippen LogP contribution in [0.25, 0.3) is 0 Å². The number of fused-ring (bicyclic) bond motifs is 1. The van der Waals surface area contributed by atoms with Gasteiger partial charge >= 0.3 is 0 Å². The lowest BCUT2D eigenvalue weighted by molar-refractivity contribution is -0.142. The summed E-state index contributed by atoms with van der Waals surface area (Å²) >= 11 is 0. The SMILES string of the molecule is Cn1nnc2c1C(COCC1CC1)CN(C(=O)[C@@H]1CCCO1)C2. The zero-order valence-electron chi connectivity index (χ0n) is 13.6. The van der Waals surface area contributed by atoms with E-state index in [4.69, 9.17) is 9.47 Å². The molecule has 0 radical (unpaired) electrons. The van der Waals surface area contributed by atoms with Gasteiger partial charge in [0.05, 0.1) is 18.8 Å². The van der Waals surface area contributed by atoms with E-state index in [1.54, 1.807) is 0 Å². The Morgan fingerprint density at radius 1 is 1.35 bits per heavy atom. The summed E-state index contributed by atoms with van der Waals surface area (Å²) in [6, 6.07) is 0. The average Bonchev–Trinajstić information content (AvgIpc) is 3.07. The first kappa shape index (κ1) is 15.1. The van der Waals surface area contributed by atoms with Crippen molar-refractivity contribution in [3.05, 3.63) is 11.4 Å². The fraction of sp³-hybridized carbons (Fsp3) is 0.812. The molecule has 1 aliphatic carbocycles. The predicted molar refractivity (Wildman–Crippen MR) is 81.7 cm³/mol. The Hall–Kier alpha value is -1.47. The van der Waals surface area contributed by atoms with Gasteiger partial charge in [-0.3, -0.25) is 9.48 Å². The van der Waals surface area contributed by atoms with Crippen molar-refractivity contribution < 1.29 is 14.3 Å².